The standard InChI is InChI=1S/C12H19N3O2/c1-14(2)9-7-10-11(6-5-8-13-10)17-12(16)15(3)4/h5-6,8H,7,9H2,1-4H3. The molecule has 0 aliphatic carbocycles. The van der Waals surface area contributed by atoms with E-state index in [1.807, 2.05) is 14.1 Å². The Hall–Kier alpha value is -1.62. The molecule has 0 spiro atoms. The van der Waals surface area contributed by atoms with E-state index in [1.54, 1.807) is 32.4 Å². The number of pyridine rings is 1. The van der Waals surface area contributed by atoms with Crippen molar-refractivity contribution in [3.8, 4) is 5.75 Å². The van der Waals surface area contributed by atoms with Crippen LogP contribution in [0.5, 0.6) is 5.75 Å². The number of nitrogens with zero attached hydrogens (tertiary/aromatic N) is 3. The van der Waals surface area contributed by atoms with Crippen molar-refractivity contribution < 1.29 is 9.53 Å². The minimum Gasteiger partial charge on any atom is -0.408 e. The summed E-state index contributed by atoms with van der Waals surface area (Å²) in [6, 6.07) is 3.52. The maximum Gasteiger partial charge on any atom is 0.414 e. The number of likely N-dealkylation sites (N-methyl/N-ethyl adjacent to an activating group) is 1. The second-order valence-electron chi connectivity index (χ2n) is 4.26. The average molecular weight is 237 g/mol. The zero-order chi connectivity index (χ0) is 12.8. The van der Waals surface area contributed by atoms with Crippen LogP contribution in [0.3, 0.4) is 0 Å². The molecule has 0 radical (unpaired) electrons. The smallest absolute Gasteiger partial charge is 0.408 e. The highest BCUT2D eigenvalue weighted by molar-refractivity contribution is 5.70. The third kappa shape index (κ3) is 4.40. The van der Waals surface area contributed by atoms with Gasteiger partial charge in [0.1, 0.15) is 0 Å². The Bertz CT molecular complexity index is 378. The van der Waals surface area contributed by atoms with E-state index in [0.29, 0.717) is 5.75 Å². The highest BCUT2D eigenvalue weighted by Crippen LogP contribution is 2.16. The second kappa shape index (κ2) is 6.20. The molecule has 17 heavy (non-hydrogen) atoms. The fourth-order valence-electron chi connectivity index (χ4n) is 1.22. The van der Waals surface area contributed by atoms with Crippen LogP contribution in [0, 0.1) is 0 Å². The lowest BCUT2D eigenvalue weighted by Gasteiger charge is -2.14. The lowest BCUT2D eigenvalue weighted by atomic mass is 10.2. The third-order valence-electron chi connectivity index (χ3n) is 2.21. The molecule has 1 aromatic rings. The van der Waals surface area contributed by atoms with Crippen LogP contribution in [0.1, 0.15) is 5.69 Å². The van der Waals surface area contributed by atoms with Crippen LogP contribution in [-0.4, -0.2) is 55.6 Å². The van der Waals surface area contributed by atoms with Gasteiger partial charge in [0.2, 0.25) is 0 Å². The average Bonchev–Trinajstić information content (AvgIpc) is 2.27. The van der Waals surface area contributed by atoms with Gasteiger partial charge in [-0.25, -0.2) is 4.79 Å². The van der Waals surface area contributed by atoms with Gasteiger partial charge in [0, 0.05) is 33.3 Å². The lowest BCUT2D eigenvalue weighted by molar-refractivity contribution is 0.171. The Morgan fingerprint density at radius 1 is 1.35 bits per heavy atom. The Balaban J connectivity index is 2.74. The molecule has 5 heteroatoms. The summed E-state index contributed by atoms with van der Waals surface area (Å²) in [6.07, 6.45) is 2.08. The number of rotatable bonds is 4. The molecule has 0 atom stereocenters. The van der Waals surface area contributed by atoms with E-state index in [2.05, 4.69) is 9.88 Å². The molecular formula is C12H19N3O2. The summed E-state index contributed by atoms with van der Waals surface area (Å²) in [5, 5.41) is 0. The van der Waals surface area contributed by atoms with Gasteiger partial charge in [0.05, 0.1) is 5.69 Å². The summed E-state index contributed by atoms with van der Waals surface area (Å²) in [6.45, 7) is 0.865. The molecule has 1 amide bonds. The lowest BCUT2D eigenvalue weighted by Crippen LogP contribution is -2.26. The van der Waals surface area contributed by atoms with Crippen molar-refractivity contribution in [1.82, 2.24) is 14.8 Å². The maximum atomic E-state index is 11.5. The molecule has 1 aromatic heterocycles. The monoisotopic (exact) mass is 237 g/mol. The first-order chi connectivity index (χ1) is 8.00. The van der Waals surface area contributed by atoms with Gasteiger partial charge >= 0.3 is 6.09 Å². The molecule has 0 aliphatic heterocycles. The van der Waals surface area contributed by atoms with Gasteiger partial charge in [-0.3, -0.25) is 4.98 Å². The van der Waals surface area contributed by atoms with Crippen LogP contribution in [0.2, 0.25) is 0 Å². The first-order valence-electron chi connectivity index (χ1n) is 5.48. The van der Waals surface area contributed by atoms with Crippen molar-refractivity contribution in [3.63, 3.8) is 0 Å². The predicted octanol–water partition coefficient (Wildman–Crippen LogP) is 1.25. The summed E-state index contributed by atoms with van der Waals surface area (Å²) in [5.74, 6) is 0.535. The second-order valence-corrected chi connectivity index (χ2v) is 4.26. The van der Waals surface area contributed by atoms with Gasteiger partial charge in [0.15, 0.2) is 5.75 Å². The number of carbonyl (C=O) groups is 1. The van der Waals surface area contributed by atoms with Crippen molar-refractivity contribution in [2.75, 3.05) is 34.7 Å². The molecule has 0 saturated carbocycles. The van der Waals surface area contributed by atoms with Gasteiger partial charge in [-0.15, -0.1) is 0 Å². The van der Waals surface area contributed by atoms with Crippen molar-refractivity contribution in [2.24, 2.45) is 0 Å². The number of hydrogen-bond donors (Lipinski definition) is 0. The SMILES string of the molecule is CN(C)CCc1ncccc1OC(=O)N(C)C. The molecule has 94 valence electrons. The number of carbonyl (C=O) groups excluding carboxylic acids is 1. The van der Waals surface area contributed by atoms with Crippen LogP contribution >= 0.6 is 0 Å². The molecule has 0 bridgehead atoms. The van der Waals surface area contributed by atoms with E-state index in [-0.39, 0.29) is 6.09 Å². The molecule has 1 heterocycles. The third-order valence-corrected chi connectivity index (χ3v) is 2.21. The first kappa shape index (κ1) is 13.4. The molecule has 5 nitrogen and oxygen atoms in total. The van der Waals surface area contributed by atoms with E-state index in [9.17, 15) is 4.79 Å². The fraction of sp³-hybridized carbons (Fsp3) is 0.500. The number of amides is 1. The highest BCUT2D eigenvalue weighted by atomic mass is 16.6. The molecule has 0 aliphatic rings. The predicted molar refractivity (Wildman–Crippen MR) is 66.2 cm³/mol. The van der Waals surface area contributed by atoms with E-state index in [0.717, 1.165) is 18.7 Å². The topological polar surface area (TPSA) is 45.7 Å². The van der Waals surface area contributed by atoms with Crippen LogP contribution in [-0.2, 0) is 6.42 Å². The number of hydrogen-bond acceptors (Lipinski definition) is 4. The van der Waals surface area contributed by atoms with E-state index < -0.39 is 0 Å². The van der Waals surface area contributed by atoms with Gasteiger partial charge in [0.25, 0.3) is 0 Å². The molecule has 0 aromatic carbocycles. The molecule has 0 saturated heterocycles. The Morgan fingerprint density at radius 3 is 2.65 bits per heavy atom. The van der Waals surface area contributed by atoms with E-state index in [4.69, 9.17) is 4.74 Å². The van der Waals surface area contributed by atoms with Crippen LogP contribution in [0.4, 0.5) is 4.79 Å². The number of ether oxygens (including phenoxy) is 1. The Labute approximate surface area is 102 Å². The van der Waals surface area contributed by atoms with Gasteiger partial charge in [-0.05, 0) is 26.2 Å². The first-order valence-corrected chi connectivity index (χ1v) is 5.48. The number of aromatic nitrogens is 1. The van der Waals surface area contributed by atoms with Crippen LogP contribution < -0.4 is 4.74 Å². The quantitative estimate of drug-likeness (QED) is 0.790. The van der Waals surface area contributed by atoms with Crippen LogP contribution in [0.25, 0.3) is 0 Å². The summed E-state index contributed by atoms with van der Waals surface area (Å²) < 4.78 is 5.25. The highest BCUT2D eigenvalue weighted by Gasteiger charge is 2.11. The van der Waals surface area contributed by atoms with Crippen molar-refractivity contribution in [1.29, 1.82) is 0 Å². The molecule has 0 fully saturated rings. The van der Waals surface area contributed by atoms with E-state index >= 15 is 0 Å². The molecule has 0 N–H and O–H groups in total. The van der Waals surface area contributed by atoms with E-state index in [1.165, 1.54) is 4.90 Å². The zero-order valence-corrected chi connectivity index (χ0v) is 10.8. The Kier molecular flexibility index (Phi) is 4.90. The van der Waals surface area contributed by atoms with Crippen molar-refractivity contribution >= 4 is 6.09 Å². The summed E-state index contributed by atoms with van der Waals surface area (Å²) in [4.78, 5) is 19.2. The fourth-order valence-corrected chi connectivity index (χ4v) is 1.22. The normalized spacial score (nSPS) is 10.4. The summed E-state index contributed by atoms with van der Waals surface area (Å²) in [5.41, 5.74) is 0.802. The summed E-state index contributed by atoms with van der Waals surface area (Å²) >= 11 is 0. The molecule has 1 rings (SSSR count). The van der Waals surface area contributed by atoms with Gasteiger partial charge in [-0.1, -0.05) is 0 Å². The molecular weight excluding hydrogens is 218 g/mol. The van der Waals surface area contributed by atoms with Crippen molar-refractivity contribution in [2.45, 2.75) is 6.42 Å². The Morgan fingerprint density at radius 2 is 2.06 bits per heavy atom. The van der Waals surface area contributed by atoms with Gasteiger partial charge < -0.3 is 14.5 Å². The molecule has 0 unspecified atom stereocenters. The minimum atomic E-state index is -0.385. The summed E-state index contributed by atoms with van der Waals surface area (Å²) in [7, 11) is 7.29. The zero-order valence-electron chi connectivity index (χ0n) is 10.8. The van der Waals surface area contributed by atoms with Gasteiger partial charge in [-0.2, -0.15) is 0 Å². The minimum absolute atomic E-state index is 0.385. The largest absolute Gasteiger partial charge is 0.414 e. The maximum absolute atomic E-state index is 11.5. The van der Waals surface area contributed by atoms with Crippen molar-refractivity contribution in [3.05, 3.63) is 24.0 Å². The van der Waals surface area contributed by atoms with Crippen LogP contribution in [0.15, 0.2) is 18.3 Å².